The fourth-order valence-corrected chi connectivity index (χ4v) is 3.54. The normalized spacial score (nSPS) is 18.3. The van der Waals surface area contributed by atoms with Crippen LogP contribution in [0.3, 0.4) is 0 Å². The Balaban J connectivity index is 1.92. The SMILES string of the molecule is CCc1cccc(CC)c1NC(=O)COC(=O)CN1C(=O)N[C@@](C)(CCC(C)C)C1=O. The van der Waals surface area contributed by atoms with Crippen LogP contribution in [-0.2, 0) is 32.0 Å². The number of benzene rings is 1. The molecule has 170 valence electrons. The molecule has 0 aromatic heterocycles. The third kappa shape index (κ3) is 6.06. The Hall–Kier alpha value is -2.90. The van der Waals surface area contributed by atoms with Crippen molar-refractivity contribution in [2.45, 2.75) is 65.8 Å². The molecule has 1 heterocycles. The number of nitrogens with one attached hydrogen (secondary N) is 2. The van der Waals surface area contributed by atoms with Crippen molar-refractivity contribution in [3.63, 3.8) is 0 Å². The lowest BCUT2D eigenvalue weighted by Gasteiger charge is -2.22. The second-order valence-corrected chi connectivity index (χ2v) is 8.45. The number of urea groups is 1. The van der Waals surface area contributed by atoms with Crippen molar-refractivity contribution in [3.8, 4) is 0 Å². The van der Waals surface area contributed by atoms with E-state index in [9.17, 15) is 19.2 Å². The number of ether oxygens (including phenoxy) is 1. The van der Waals surface area contributed by atoms with Gasteiger partial charge in [-0.2, -0.15) is 0 Å². The molecule has 0 saturated carbocycles. The number of carbonyl (C=O) groups is 4. The molecule has 8 heteroatoms. The molecule has 0 bridgehead atoms. The van der Waals surface area contributed by atoms with Crippen molar-refractivity contribution in [1.29, 1.82) is 0 Å². The van der Waals surface area contributed by atoms with Gasteiger partial charge in [0, 0.05) is 5.69 Å². The number of carbonyl (C=O) groups excluding carboxylic acids is 4. The average molecular weight is 432 g/mol. The second kappa shape index (κ2) is 10.4. The van der Waals surface area contributed by atoms with E-state index in [1.165, 1.54) is 0 Å². The largest absolute Gasteiger partial charge is 0.454 e. The summed E-state index contributed by atoms with van der Waals surface area (Å²) in [4.78, 5) is 50.2. The van der Waals surface area contributed by atoms with E-state index < -0.39 is 42.5 Å². The Labute approximate surface area is 183 Å². The van der Waals surface area contributed by atoms with Crippen LogP contribution in [0.2, 0.25) is 0 Å². The quantitative estimate of drug-likeness (QED) is 0.438. The zero-order valence-corrected chi connectivity index (χ0v) is 19.0. The molecule has 1 aromatic rings. The van der Waals surface area contributed by atoms with Gasteiger partial charge in [0.05, 0.1) is 0 Å². The molecule has 31 heavy (non-hydrogen) atoms. The summed E-state index contributed by atoms with van der Waals surface area (Å²) in [6.07, 6.45) is 2.76. The molecule has 0 spiro atoms. The van der Waals surface area contributed by atoms with E-state index in [1.54, 1.807) is 6.92 Å². The molecular weight excluding hydrogens is 398 g/mol. The van der Waals surface area contributed by atoms with Gasteiger partial charge in [0.15, 0.2) is 6.61 Å². The van der Waals surface area contributed by atoms with E-state index in [4.69, 9.17) is 4.74 Å². The zero-order chi connectivity index (χ0) is 23.2. The van der Waals surface area contributed by atoms with Crippen LogP contribution in [0.15, 0.2) is 18.2 Å². The Morgan fingerprint density at radius 3 is 2.32 bits per heavy atom. The predicted molar refractivity (Wildman–Crippen MR) is 118 cm³/mol. The first kappa shape index (κ1) is 24.4. The maximum Gasteiger partial charge on any atom is 0.326 e. The van der Waals surface area contributed by atoms with Gasteiger partial charge in [0.1, 0.15) is 12.1 Å². The first-order chi connectivity index (χ1) is 14.6. The summed E-state index contributed by atoms with van der Waals surface area (Å²) in [5.41, 5.74) is 1.71. The van der Waals surface area contributed by atoms with E-state index >= 15 is 0 Å². The van der Waals surface area contributed by atoms with Crippen LogP contribution in [-0.4, -0.2) is 47.4 Å². The highest BCUT2D eigenvalue weighted by Gasteiger charge is 2.48. The molecule has 2 N–H and O–H groups in total. The Kier molecular flexibility index (Phi) is 8.19. The van der Waals surface area contributed by atoms with Crippen molar-refractivity contribution < 1.29 is 23.9 Å². The van der Waals surface area contributed by atoms with Crippen molar-refractivity contribution in [3.05, 3.63) is 29.3 Å². The van der Waals surface area contributed by atoms with E-state index in [1.807, 2.05) is 45.9 Å². The maximum atomic E-state index is 12.7. The average Bonchev–Trinajstić information content (AvgIpc) is 2.94. The molecule has 0 unspecified atom stereocenters. The van der Waals surface area contributed by atoms with E-state index in [0.29, 0.717) is 12.3 Å². The van der Waals surface area contributed by atoms with Gasteiger partial charge in [0.25, 0.3) is 11.8 Å². The number of amides is 4. The molecule has 1 aliphatic rings. The molecule has 8 nitrogen and oxygen atoms in total. The third-order valence-corrected chi connectivity index (χ3v) is 5.48. The van der Waals surface area contributed by atoms with Crippen LogP contribution < -0.4 is 10.6 Å². The van der Waals surface area contributed by atoms with Gasteiger partial charge in [-0.1, -0.05) is 45.9 Å². The highest BCUT2D eigenvalue weighted by Crippen LogP contribution is 2.25. The van der Waals surface area contributed by atoms with Crippen LogP contribution >= 0.6 is 0 Å². The lowest BCUT2D eigenvalue weighted by atomic mass is 9.92. The van der Waals surface area contributed by atoms with Crippen LogP contribution in [0.1, 0.15) is 58.6 Å². The van der Waals surface area contributed by atoms with E-state index in [2.05, 4.69) is 10.6 Å². The summed E-state index contributed by atoms with van der Waals surface area (Å²) in [5.74, 6) is -1.36. The zero-order valence-electron chi connectivity index (χ0n) is 19.0. The van der Waals surface area contributed by atoms with E-state index in [-0.39, 0.29) is 0 Å². The van der Waals surface area contributed by atoms with E-state index in [0.717, 1.165) is 41.0 Å². The summed E-state index contributed by atoms with van der Waals surface area (Å²) in [5, 5.41) is 5.48. The highest BCUT2D eigenvalue weighted by atomic mass is 16.5. The van der Waals surface area contributed by atoms with Crippen molar-refractivity contribution in [1.82, 2.24) is 10.2 Å². The van der Waals surface area contributed by atoms with Crippen molar-refractivity contribution in [2.75, 3.05) is 18.5 Å². The monoisotopic (exact) mass is 431 g/mol. The summed E-state index contributed by atoms with van der Waals surface area (Å²) in [7, 11) is 0. The molecule has 1 saturated heterocycles. The molecule has 1 fully saturated rings. The van der Waals surface area contributed by atoms with Crippen LogP contribution in [0, 0.1) is 5.92 Å². The third-order valence-electron chi connectivity index (χ3n) is 5.48. The minimum Gasteiger partial charge on any atom is -0.454 e. The Bertz CT molecular complexity index is 829. The maximum absolute atomic E-state index is 12.7. The van der Waals surface area contributed by atoms with Gasteiger partial charge >= 0.3 is 12.0 Å². The fraction of sp³-hybridized carbons (Fsp3) is 0.565. The number of aryl methyl sites for hydroxylation is 2. The standard InChI is InChI=1S/C23H33N3O5/c1-6-16-9-8-10-17(7-2)20(16)24-18(27)14-31-19(28)13-26-21(29)23(5,25-22(26)30)12-11-15(3)4/h8-10,15H,6-7,11-14H2,1-5H3,(H,24,27)(H,25,30)/t23-/m0/s1. The fourth-order valence-electron chi connectivity index (χ4n) is 3.54. The molecule has 4 amide bonds. The van der Waals surface area contributed by atoms with Gasteiger partial charge in [-0.15, -0.1) is 0 Å². The Morgan fingerprint density at radius 2 is 1.77 bits per heavy atom. The molecule has 1 atom stereocenters. The van der Waals surface area contributed by atoms with Crippen molar-refractivity contribution in [2.24, 2.45) is 5.92 Å². The summed E-state index contributed by atoms with van der Waals surface area (Å²) < 4.78 is 5.02. The van der Waals surface area contributed by atoms with Gasteiger partial charge in [0.2, 0.25) is 0 Å². The topological polar surface area (TPSA) is 105 Å². The van der Waals surface area contributed by atoms with Gasteiger partial charge < -0.3 is 15.4 Å². The highest BCUT2D eigenvalue weighted by molar-refractivity contribution is 6.08. The number of nitrogens with zero attached hydrogens (tertiary/aromatic N) is 1. The smallest absolute Gasteiger partial charge is 0.326 e. The van der Waals surface area contributed by atoms with Gasteiger partial charge in [-0.3, -0.25) is 19.3 Å². The minimum absolute atomic E-state index is 0.380. The first-order valence-corrected chi connectivity index (χ1v) is 10.8. The number of para-hydroxylation sites is 1. The summed E-state index contributed by atoms with van der Waals surface area (Å²) >= 11 is 0. The van der Waals surface area contributed by atoms with Crippen LogP contribution in [0.4, 0.5) is 10.5 Å². The minimum atomic E-state index is -1.03. The number of hydrogen-bond acceptors (Lipinski definition) is 5. The first-order valence-electron chi connectivity index (χ1n) is 10.8. The number of hydrogen-bond donors (Lipinski definition) is 2. The number of imide groups is 1. The lowest BCUT2D eigenvalue weighted by Crippen LogP contribution is -2.44. The summed E-state index contributed by atoms with van der Waals surface area (Å²) in [6.45, 7) is 8.70. The van der Waals surface area contributed by atoms with Crippen molar-refractivity contribution >= 4 is 29.5 Å². The second-order valence-electron chi connectivity index (χ2n) is 8.45. The van der Waals surface area contributed by atoms with Gasteiger partial charge in [-0.05, 0) is 49.7 Å². The number of esters is 1. The number of anilines is 1. The molecule has 2 rings (SSSR count). The molecule has 0 radical (unpaired) electrons. The molecule has 1 aromatic carbocycles. The lowest BCUT2D eigenvalue weighted by molar-refractivity contribution is -0.150. The van der Waals surface area contributed by atoms with Gasteiger partial charge in [-0.25, -0.2) is 4.79 Å². The molecular formula is C23H33N3O5. The molecule has 1 aliphatic heterocycles. The molecule has 0 aliphatic carbocycles. The summed E-state index contributed by atoms with van der Waals surface area (Å²) in [6, 6.07) is 5.20. The van der Waals surface area contributed by atoms with Crippen LogP contribution in [0.5, 0.6) is 0 Å². The predicted octanol–water partition coefficient (Wildman–Crippen LogP) is 3.04. The number of rotatable bonds is 10. The Morgan fingerprint density at radius 1 is 1.16 bits per heavy atom. The van der Waals surface area contributed by atoms with Crippen LogP contribution in [0.25, 0.3) is 0 Å².